The van der Waals surface area contributed by atoms with Gasteiger partial charge in [-0.05, 0) is 35.4 Å². The molecule has 0 radical (unpaired) electrons. The Balaban J connectivity index is 2.30. The third kappa shape index (κ3) is 3.29. The molecule has 1 aliphatic rings. The zero-order valence-electron chi connectivity index (χ0n) is 10.1. The van der Waals surface area contributed by atoms with Crippen molar-refractivity contribution in [2.24, 2.45) is 5.73 Å². The summed E-state index contributed by atoms with van der Waals surface area (Å²) >= 11 is 3.20. The molecule has 0 amide bonds. The van der Waals surface area contributed by atoms with Gasteiger partial charge in [-0.3, -0.25) is 0 Å². The summed E-state index contributed by atoms with van der Waals surface area (Å²) in [5, 5.41) is 10.2. The number of alkyl halides is 1. The molecule has 1 aromatic carbocycles. The van der Waals surface area contributed by atoms with Crippen molar-refractivity contribution in [2.75, 3.05) is 6.54 Å². The minimum absolute atomic E-state index is 0.00369. The van der Waals surface area contributed by atoms with Gasteiger partial charge in [-0.1, -0.05) is 28.1 Å². The van der Waals surface area contributed by atoms with Gasteiger partial charge >= 0.3 is 0 Å². The highest BCUT2D eigenvalue weighted by Crippen LogP contribution is 2.37. The van der Waals surface area contributed by atoms with Gasteiger partial charge in [0.05, 0.1) is 0 Å². The van der Waals surface area contributed by atoms with E-state index in [1.807, 2.05) is 0 Å². The van der Waals surface area contributed by atoms with Crippen molar-refractivity contribution < 1.29 is 13.9 Å². The van der Waals surface area contributed by atoms with Crippen LogP contribution in [0.1, 0.15) is 18.1 Å². The first-order valence-corrected chi connectivity index (χ1v) is 6.64. The van der Waals surface area contributed by atoms with Gasteiger partial charge < -0.3 is 10.8 Å². The fourth-order valence-corrected chi connectivity index (χ4v) is 2.81. The third-order valence-corrected chi connectivity index (χ3v) is 3.53. The number of benzene rings is 1. The van der Waals surface area contributed by atoms with Crippen molar-refractivity contribution in [2.45, 2.75) is 18.2 Å². The topological polar surface area (TPSA) is 46.2 Å². The smallest absolute Gasteiger partial charge is 0.146 e. The third-order valence-electron chi connectivity index (χ3n) is 3.07. The molecular weight excluding hydrogens is 316 g/mol. The predicted molar refractivity (Wildman–Crippen MR) is 74.0 cm³/mol. The van der Waals surface area contributed by atoms with Crippen LogP contribution in [0.25, 0.3) is 0 Å². The van der Waals surface area contributed by atoms with E-state index in [9.17, 15) is 13.9 Å². The monoisotopic (exact) mass is 329 g/mol. The molecule has 0 heterocycles. The van der Waals surface area contributed by atoms with E-state index >= 15 is 0 Å². The van der Waals surface area contributed by atoms with Crippen LogP contribution in [-0.2, 0) is 0 Å². The molecule has 5 heteroatoms. The summed E-state index contributed by atoms with van der Waals surface area (Å²) in [4.78, 5) is 0. The van der Waals surface area contributed by atoms with Gasteiger partial charge in [0, 0.05) is 17.4 Å². The van der Waals surface area contributed by atoms with E-state index in [1.54, 1.807) is 12.1 Å². The Hall–Kier alpha value is -1.04. The first kappa shape index (κ1) is 14.4. The normalized spacial score (nSPS) is 24.7. The fraction of sp³-hybridized carbons (Fsp3) is 0.286. The van der Waals surface area contributed by atoms with Crippen molar-refractivity contribution in [1.82, 2.24) is 0 Å². The molecule has 102 valence electrons. The second kappa shape index (κ2) is 5.53. The largest absolute Gasteiger partial charge is 0.384 e. The van der Waals surface area contributed by atoms with Gasteiger partial charge in [0.2, 0.25) is 0 Å². The maximum absolute atomic E-state index is 14.3. The number of aliphatic hydroxyl groups excluding tert-OH is 1. The number of nitrogens with two attached hydrogens (primary N) is 1. The van der Waals surface area contributed by atoms with E-state index < -0.39 is 17.6 Å². The van der Waals surface area contributed by atoms with E-state index in [0.717, 1.165) is 0 Å². The molecule has 0 bridgehead atoms. The number of hydrogen-bond acceptors (Lipinski definition) is 2. The van der Waals surface area contributed by atoms with Gasteiger partial charge in [0.25, 0.3) is 0 Å². The van der Waals surface area contributed by atoms with Crippen LogP contribution in [0.3, 0.4) is 0 Å². The average Bonchev–Trinajstić information content (AvgIpc) is 2.37. The summed E-state index contributed by atoms with van der Waals surface area (Å²) in [6, 6.07) is 5.64. The van der Waals surface area contributed by atoms with Crippen LogP contribution in [0.2, 0.25) is 0 Å². The lowest BCUT2D eigenvalue weighted by Crippen LogP contribution is -2.33. The summed E-state index contributed by atoms with van der Waals surface area (Å²) < 4.78 is 28.0. The van der Waals surface area contributed by atoms with Crippen molar-refractivity contribution in [3.05, 3.63) is 57.9 Å². The quantitative estimate of drug-likeness (QED) is 0.894. The zero-order chi connectivity index (χ0) is 14.0. The number of aliphatic hydroxyl groups is 1. The van der Waals surface area contributed by atoms with E-state index in [-0.39, 0.29) is 13.0 Å². The predicted octanol–water partition coefficient (Wildman–Crippen LogP) is 3.14. The molecule has 0 fully saturated rings. The number of rotatable bonds is 3. The molecule has 0 saturated carbocycles. The molecule has 2 rings (SSSR count). The molecule has 0 spiro atoms. The summed E-state index contributed by atoms with van der Waals surface area (Å²) in [6.07, 6.45) is 1.98. The van der Waals surface area contributed by atoms with Crippen molar-refractivity contribution in [3.63, 3.8) is 0 Å². The number of hydrogen-bond donors (Lipinski definition) is 2. The number of halogens is 3. The molecule has 0 aliphatic heterocycles. The second-order valence-corrected chi connectivity index (χ2v) is 5.54. The Bertz CT molecular complexity index is 544. The summed E-state index contributed by atoms with van der Waals surface area (Å²) in [5.41, 5.74) is 4.59. The molecule has 1 aliphatic carbocycles. The van der Waals surface area contributed by atoms with Crippen LogP contribution >= 0.6 is 15.9 Å². The minimum atomic E-state index is -1.68. The molecule has 0 aromatic heterocycles. The summed E-state index contributed by atoms with van der Waals surface area (Å²) in [7, 11) is 0. The molecule has 2 nitrogen and oxygen atoms in total. The second-order valence-electron chi connectivity index (χ2n) is 4.62. The Labute approximate surface area is 118 Å². The van der Waals surface area contributed by atoms with Gasteiger partial charge in [0.1, 0.15) is 17.6 Å². The van der Waals surface area contributed by atoms with Crippen LogP contribution in [-0.4, -0.2) is 17.3 Å². The van der Waals surface area contributed by atoms with Crippen molar-refractivity contribution in [3.8, 4) is 0 Å². The van der Waals surface area contributed by atoms with Crippen LogP contribution < -0.4 is 5.73 Å². The fourth-order valence-electron chi connectivity index (χ4n) is 2.10. The Morgan fingerprint density at radius 3 is 2.84 bits per heavy atom. The van der Waals surface area contributed by atoms with Gasteiger partial charge in [-0.2, -0.15) is 0 Å². The lowest BCUT2D eigenvalue weighted by atomic mass is 9.86. The van der Waals surface area contributed by atoms with Crippen LogP contribution in [0.15, 0.2) is 46.5 Å². The lowest BCUT2D eigenvalue weighted by molar-refractivity contribution is 0.178. The van der Waals surface area contributed by atoms with Crippen LogP contribution in [0.4, 0.5) is 8.78 Å². The Morgan fingerprint density at radius 2 is 2.21 bits per heavy atom. The minimum Gasteiger partial charge on any atom is -0.384 e. The Kier molecular flexibility index (Phi) is 4.18. The van der Waals surface area contributed by atoms with E-state index in [0.29, 0.717) is 15.6 Å². The molecule has 2 atom stereocenters. The molecular formula is C14H14BrF2NO. The maximum Gasteiger partial charge on any atom is 0.146 e. The lowest BCUT2D eigenvalue weighted by Gasteiger charge is -2.28. The van der Waals surface area contributed by atoms with Crippen LogP contribution in [0, 0.1) is 5.82 Å². The van der Waals surface area contributed by atoms with Crippen molar-refractivity contribution >= 4 is 15.9 Å². The van der Waals surface area contributed by atoms with E-state index in [1.165, 1.54) is 24.3 Å². The van der Waals surface area contributed by atoms with Gasteiger partial charge in [0.15, 0.2) is 0 Å². The van der Waals surface area contributed by atoms with Gasteiger partial charge in [-0.15, -0.1) is 0 Å². The average molecular weight is 330 g/mol. The number of allylic oxidation sites excluding steroid dienone is 2. The maximum atomic E-state index is 14.3. The van der Waals surface area contributed by atoms with E-state index in [2.05, 4.69) is 15.9 Å². The van der Waals surface area contributed by atoms with Crippen LogP contribution in [0.5, 0.6) is 0 Å². The highest BCUT2D eigenvalue weighted by molar-refractivity contribution is 9.11. The SMILES string of the molecule is NCC1(F)C=C(Br)C=C(C(O)c2cccc(F)c2)C1. The highest BCUT2D eigenvalue weighted by Gasteiger charge is 2.32. The molecule has 1 aromatic rings. The zero-order valence-corrected chi connectivity index (χ0v) is 11.7. The molecule has 19 heavy (non-hydrogen) atoms. The van der Waals surface area contributed by atoms with Crippen molar-refractivity contribution in [1.29, 1.82) is 0 Å². The summed E-state index contributed by atoms with van der Waals surface area (Å²) in [6.45, 7) is -0.171. The van der Waals surface area contributed by atoms with E-state index in [4.69, 9.17) is 5.73 Å². The first-order valence-electron chi connectivity index (χ1n) is 5.85. The first-order chi connectivity index (χ1) is 8.93. The van der Waals surface area contributed by atoms with Gasteiger partial charge in [-0.25, -0.2) is 8.78 Å². The molecule has 0 saturated heterocycles. The standard InChI is InChI=1S/C14H14BrF2NO/c15-11-4-10(6-14(17,7-11)8-18)13(19)9-2-1-3-12(16)5-9/h1-5,7,13,19H,6,8,18H2. The molecule has 2 unspecified atom stereocenters. The highest BCUT2D eigenvalue weighted by atomic mass is 79.9. The summed E-state index contributed by atoms with van der Waals surface area (Å²) in [5.74, 6) is -0.437. The Morgan fingerprint density at radius 1 is 1.47 bits per heavy atom. The molecule has 3 N–H and O–H groups in total.